The highest BCUT2D eigenvalue weighted by Crippen LogP contribution is 2.30. The maximum absolute atomic E-state index is 11.8. The number of carbonyl (C=O) groups excluding carboxylic acids is 1. The molecule has 1 heterocycles. The number of pyridine rings is 1. The smallest absolute Gasteiger partial charge is 0.338 e. The fourth-order valence-corrected chi connectivity index (χ4v) is 1.81. The zero-order valence-electron chi connectivity index (χ0n) is 10.9. The van der Waals surface area contributed by atoms with E-state index in [9.17, 15) is 4.79 Å². The SMILES string of the molecule is CCOC(=O)c1ccc(OC)c(-c2ccncc2)c1. The number of methoxy groups -OCH3 is 1. The summed E-state index contributed by atoms with van der Waals surface area (Å²) in [5.41, 5.74) is 2.29. The lowest BCUT2D eigenvalue weighted by Gasteiger charge is -2.10. The fraction of sp³-hybridized carbons (Fsp3) is 0.200. The van der Waals surface area contributed by atoms with Gasteiger partial charge in [0.2, 0.25) is 0 Å². The summed E-state index contributed by atoms with van der Waals surface area (Å²) in [6.07, 6.45) is 3.40. The molecule has 0 fully saturated rings. The van der Waals surface area contributed by atoms with Gasteiger partial charge in [-0.05, 0) is 42.8 Å². The van der Waals surface area contributed by atoms with Gasteiger partial charge in [-0.25, -0.2) is 4.79 Å². The van der Waals surface area contributed by atoms with Crippen molar-refractivity contribution in [3.05, 3.63) is 48.3 Å². The Labute approximate surface area is 112 Å². The van der Waals surface area contributed by atoms with Gasteiger partial charge in [0, 0.05) is 18.0 Å². The van der Waals surface area contributed by atoms with Gasteiger partial charge < -0.3 is 9.47 Å². The molecular formula is C15H15NO3. The quantitative estimate of drug-likeness (QED) is 0.790. The van der Waals surface area contributed by atoms with E-state index in [0.29, 0.717) is 17.9 Å². The van der Waals surface area contributed by atoms with Crippen LogP contribution in [-0.2, 0) is 4.74 Å². The van der Waals surface area contributed by atoms with E-state index in [4.69, 9.17) is 9.47 Å². The minimum absolute atomic E-state index is 0.333. The van der Waals surface area contributed by atoms with Gasteiger partial charge in [0.05, 0.1) is 19.3 Å². The molecular weight excluding hydrogens is 242 g/mol. The van der Waals surface area contributed by atoms with Gasteiger partial charge in [-0.15, -0.1) is 0 Å². The summed E-state index contributed by atoms with van der Waals surface area (Å²) in [6.45, 7) is 2.14. The van der Waals surface area contributed by atoms with Crippen LogP contribution in [0.25, 0.3) is 11.1 Å². The van der Waals surface area contributed by atoms with Crippen LogP contribution in [0.2, 0.25) is 0 Å². The van der Waals surface area contributed by atoms with E-state index in [1.807, 2.05) is 12.1 Å². The van der Waals surface area contributed by atoms with Crippen LogP contribution in [0.4, 0.5) is 0 Å². The van der Waals surface area contributed by atoms with E-state index < -0.39 is 0 Å². The molecule has 2 rings (SSSR count). The maximum atomic E-state index is 11.8. The largest absolute Gasteiger partial charge is 0.496 e. The molecule has 4 heteroatoms. The molecule has 0 radical (unpaired) electrons. The van der Waals surface area contributed by atoms with Crippen LogP contribution >= 0.6 is 0 Å². The normalized spacial score (nSPS) is 10.0. The van der Waals surface area contributed by atoms with Crippen LogP contribution in [0.5, 0.6) is 5.75 Å². The van der Waals surface area contributed by atoms with Crippen molar-refractivity contribution in [3.63, 3.8) is 0 Å². The third kappa shape index (κ3) is 2.91. The number of aromatic nitrogens is 1. The second-order valence-corrected chi connectivity index (χ2v) is 3.87. The van der Waals surface area contributed by atoms with Crippen LogP contribution in [0.15, 0.2) is 42.7 Å². The van der Waals surface area contributed by atoms with E-state index in [0.717, 1.165) is 11.1 Å². The summed E-state index contributed by atoms with van der Waals surface area (Å²) in [6, 6.07) is 8.97. The van der Waals surface area contributed by atoms with Crippen LogP contribution in [-0.4, -0.2) is 24.7 Å². The zero-order chi connectivity index (χ0) is 13.7. The number of hydrogen-bond donors (Lipinski definition) is 0. The summed E-state index contributed by atoms with van der Waals surface area (Å²) >= 11 is 0. The number of nitrogens with zero attached hydrogens (tertiary/aromatic N) is 1. The van der Waals surface area contributed by atoms with Crippen LogP contribution in [0.3, 0.4) is 0 Å². The zero-order valence-corrected chi connectivity index (χ0v) is 10.9. The molecule has 19 heavy (non-hydrogen) atoms. The van der Waals surface area contributed by atoms with E-state index >= 15 is 0 Å². The summed E-state index contributed by atoms with van der Waals surface area (Å²) in [5, 5.41) is 0. The van der Waals surface area contributed by atoms with Crippen molar-refractivity contribution < 1.29 is 14.3 Å². The molecule has 0 atom stereocenters. The van der Waals surface area contributed by atoms with Gasteiger partial charge in [0.1, 0.15) is 5.75 Å². The van der Waals surface area contributed by atoms with Gasteiger partial charge in [-0.1, -0.05) is 0 Å². The number of hydrogen-bond acceptors (Lipinski definition) is 4. The first kappa shape index (κ1) is 13.1. The topological polar surface area (TPSA) is 48.4 Å². The molecule has 1 aromatic carbocycles. The molecule has 0 amide bonds. The van der Waals surface area contributed by atoms with Gasteiger partial charge in [-0.3, -0.25) is 4.98 Å². The Morgan fingerprint density at radius 1 is 1.21 bits per heavy atom. The Morgan fingerprint density at radius 2 is 1.95 bits per heavy atom. The Kier molecular flexibility index (Phi) is 4.13. The number of ether oxygens (including phenoxy) is 2. The summed E-state index contributed by atoms with van der Waals surface area (Å²) < 4.78 is 10.3. The third-order valence-electron chi connectivity index (χ3n) is 2.70. The lowest BCUT2D eigenvalue weighted by Crippen LogP contribution is -2.05. The summed E-state index contributed by atoms with van der Waals surface area (Å²) in [4.78, 5) is 15.7. The molecule has 0 bridgehead atoms. The highest BCUT2D eigenvalue weighted by atomic mass is 16.5. The standard InChI is InChI=1S/C15H15NO3/c1-3-19-15(17)12-4-5-14(18-2)13(10-12)11-6-8-16-9-7-11/h4-10H,3H2,1-2H3. The first-order valence-corrected chi connectivity index (χ1v) is 6.01. The Morgan fingerprint density at radius 3 is 2.58 bits per heavy atom. The molecule has 0 N–H and O–H groups in total. The first-order valence-electron chi connectivity index (χ1n) is 6.01. The van der Waals surface area contributed by atoms with Crippen molar-refractivity contribution in [2.24, 2.45) is 0 Å². The van der Waals surface area contributed by atoms with Crippen LogP contribution in [0.1, 0.15) is 17.3 Å². The van der Waals surface area contributed by atoms with E-state index in [1.54, 1.807) is 44.6 Å². The van der Waals surface area contributed by atoms with Gasteiger partial charge in [-0.2, -0.15) is 0 Å². The van der Waals surface area contributed by atoms with Gasteiger partial charge in [0.25, 0.3) is 0 Å². The molecule has 0 unspecified atom stereocenters. The number of esters is 1. The Balaban J connectivity index is 2.46. The molecule has 1 aromatic heterocycles. The van der Waals surface area contributed by atoms with Crippen LogP contribution in [0, 0.1) is 0 Å². The van der Waals surface area contributed by atoms with E-state index in [-0.39, 0.29) is 5.97 Å². The van der Waals surface area contributed by atoms with E-state index in [1.165, 1.54) is 0 Å². The van der Waals surface area contributed by atoms with Crippen molar-refractivity contribution in [2.45, 2.75) is 6.92 Å². The van der Waals surface area contributed by atoms with Crippen LogP contribution < -0.4 is 4.74 Å². The maximum Gasteiger partial charge on any atom is 0.338 e. The van der Waals surface area contributed by atoms with Crippen molar-refractivity contribution in [2.75, 3.05) is 13.7 Å². The van der Waals surface area contributed by atoms with Crippen molar-refractivity contribution in [3.8, 4) is 16.9 Å². The average molecular weight is 257 g/mol. The van der Waals surface area contributed by atoms with Crippen molar-refractivity contribution in [1.82, 2.24) is 4.98 Å². The fourth-order valence-electron chi connectivity index (χ4n) is 1.81. The lowest BCUT2D eigenvalue weighted by molar-refractivity contribution is 0.0526. The minimum Gasteiger partial charge on any atom is -0.496 e. The summed E-state index contributed by atoms with van der Waals surface area (Å²) in [7, 11) is 1.60. The average Bonchev–Trinajstić information content (AvgIpc) is 2.47. The number of carbonyl (C=O) groups is 1. The summed E-state index contributed by atoms with van der Waals surface area (Å²) in [5.74, 6) is 0.375. The molecule has 0 aliphatic heterocycles. The highest BCUT2D eigenvalue weighted by Gasteiger charge is 2.12. The predicted octanol–water partition coefficient (Wildman–Crippen LogP) is 2.93. The number of rotatable bonds is 4. The number of benzene rings is 1. The second kappa shape index (κ2) is 6.00. The Hall–Kier alpha value is -2.36. The first-order chi connectivity index (χ1) is 9.26. The molecule has 2 aromatic rings. The molecule has 0 saturated carbocycles. The van der Waals surface area contributed by atoms with Gasteiger partial charge >= 0.3 is 5.97 Å². The lowest BCUT2D eigenvalue weighted by atomic mass is 10.0. The monoisotopic (exact) mass is 257 g/mol. The predicted molar refractivity (Wildman–Crippen MR) is 72.2 cm³/mol. The van der Waals surface area contributed by atoms with Crippen molar-refractivity contribution in [1.29, 1.82) is 0 Å². The molecule has 0 spiro atoms. The molecule has 4 nitrogen and oxygen atoms in total. The molecule has 0 aliphatic rings. The molecule has 98 valence electrons. The molecule has 0 aliphatic carbocycles. The minimum atomic E-state index is -0.333. The molecule has 0 saturated heterocycles. The Bertz CT molecular complexity index is 567. The van der Waals surface area contributed by atoms with E-state index in [2.05, 4.69) is 4.98 Å². The van der Waals surface area contributed by atoms with Gasteiger partial charge in [0.15, 0.2) is 0 Å². The third-order valence-corrected chi connectivity index (χ3v) is 2.70. The second-order valence-electron chi connectivity index (χ2n) is 3.87. The highest BCUT2D eigenvalue weighted by molar-refractivity contribution is 5.92. The van der Waals surface area contributed by atoms with Crippen molar-refractivity contribution >= 4 is 5.97 Å².